The van der Waals surface area contributed by atoms with Crippen LogP contribution in [0.3, 0.4) is 0 Å². The third kappa shape index (κ3) is 5.38. The predicted molar refractivity (Wildman–Crippen MR) is 108 cm³/mol. The molecule has 1 amide bonds. The number of rotatable bonds is 8. The van der Waals surface area contributed by atoms with E-state index in [9.17, 15) is 9.59 Å². The lowest BCUT2D eigenvalue weighted by Crippen LogP contribution is -2.29. The topological polar surface area (TPSA) is 46.2 Å². The highest BCUT2D eigenvalue weighted by Gasteiger charge is 2.15. The number of amides is 1. The number of Topliss-reactive ketones (excluding diaryl/α,β-unsaturated/α-hetero) is 1. The molecule has 1 N–H and O–H groups in total. The second-order valence-electron chi connectivity index (χ2n) is 6.47. The molecule has 0 aliphatic heterocycles. The molecule has 0 saturated carbocycles. The van der Waals surface area contributed by atoms with Crippen molar-refractivity contribution >= 4 is 11.7 Å². The van der Waals surface area contributed by atoms with Gasteiger partial charge in [-0.2, -0.15) is 0 Å². The average molecular weight is 357 g/mol. The standard InChI is InChI=1S/C24H23NO2/c26-23(21-14-8-3-9-15-21)16-17-24(27)25-18-22(19-10-4-1-5-11-19)20-12-6-2-7-13-20/h1-15,22H,16-18H2,(H,25,27). The number of carbonyl (C=O) groups excluding carboxylic acids is 2. The fraction of sp³-hybridized carbons (Fsp3) is 0.167. The van der Waals surface area contributed by atoms with Crippen molar-refractivity contribution in [3.05, 3.63) is 108 Å². The van der Waals surface area contributed by atoms with Crippen LogP contribution in [0.1, 0.15) is 40.2 Å². The summed E-state index contributed by atoms with van der Waals surface area (Å²) in [5.41, 5.74) is 2.96. The van der Waals surface area contributed by atoms with Crippen LogP contribution in [0.4, 0.5) is 0 Å². The zero-order valence-corrected chi connectivity index (χ0v) is 15.2. The van der Waals surface area contributed by atoms with Gasteiger partial charge in [0.1, 0.15) is 0 Å². The van der Waals surface area contributed by atoms with Crippen molar-refractivity contribution in [2.45, 2.75) is 18.8 Å². The summed E-state index contributed by atoms with van der Waals surface area (Å²) < 4.78 is 0. The van der Waals surface area contributed by atoms with Gasteiger partial charge in [-0.05, 0) is 11.1 Å². The third-order valence-electron chi connectivity index (χ3n) is 4.58. The minimum atomic E-state index is -0.101. The summed E-state index contributed by atoms with van der Waals surface area (Å²) in [4.78, 5) is 24.4. The van der Waals surface area contributed by atoms with E-state index in [0.29, 0.717) is 12.1 Å². The number of ketones is 1. The first-order valence-electron chi connectivity index (χ1n) is 9.19. The van der Waals surface area contributed by atoms with Gasteiger partial charge in [-0.25, -0.2) is 0 Å². The molecule has 3 heteroatoms. The lowest BCUT2D eigenvalue weighted by Gasteiger charge is -2.19. The van der Waals surface area contributed by atoms with Gasteiger partial charge in [0.2, 0.25) is 5.91 Å². The summed E-state index contributed by atoms with van der Waals surface area (Å²) in [6.07, 6.45) is 0.418. The minimum Gasteiger partial charge on any atom is -0.355 e. The molecule has 3 aromatic carbocycles. The van der Waals surface area contributed by atoms with E-state index in [1.807, 2.05) is 54.6 Å². The van der Waals surface area contributed by atoms with Crippen LogP contribution in [0.2, 0.25) is 0 Å². The molecule has 0 heterocycles. The molecule has 3 nitrogen and oxygen atoms in total. The highest BCUT2D eigenvalue weighted by atomic mass is 16.2. The second-order valence-corrected chi connectivity index (χ2v) is 6.47. The molecule has 3 aromatic rings. The van der Waals surface area contributed by atoms with E-state index >= 15 is 0 Å². The van der Waals surface area contributed by atoms with E-state index in [4.69, 9.17) is 0 Å². The van der Waals surface area contributed by atoms with Crippen molar-refractivity contribution in [1.82, 2.24) is 5.32 Å². The Morgan fingerprint density at radius 1 is 0.667 bits per heavy atom. The van der Waals surface area contributed by atoms with Gasteiger partial charge >= 0.3 is 0 Å². The molecule has 0 radical (unpaired) electrons. The van der Waals surface area contributed by atoms with E-state index in [-0.39, 0.29) is 30.4 Å². The average Bonchev–Trinajstić information content (AvgIpc) is 2.74. The molecule has 0 unspecified atom stereocenters. The highest BCUT2D eigenvalue weighted by Crippen LogP contribution is 2.23. The molecule has 136 valence electrons. The molecule has 0 aliphatic carbocycles. The summed E-state index contributed by atoms with van der Waals surface area (Å²) in [6.45, 7) is 0.506. The predicted octanol–water partition coefficient (Wildman–Crippen LogP) is 4.60. The van der Waals surface area contributed by atoms with Crippen molar-refractivity contribution in [3.8, 4) is 0 Å². The van der Waals surface area contributed by atoms with Crippen molar-refractivity contribution < 1.29 is 9.59 Å². The maximum Gasteiger partial charge on any atom is 0.220 e. The Balaban J connectivity index is 1.59. The summed E-state index contributed by atoms with van der Waals surface area (Å²) in [6, 6.07) is 29.4. The maximum absolute atomic E-state index is 12.3. The van der Waals surface area contributed by atoms with Crippen LogP contribution in [0.5, 0.6) is 0 Å². The van der Waals surface area contributed by atoms with Gasteiger partial charge in [-0.15, -0.1) is 0 Å². The smallest absolute Gasteiger partial charge is 0.220 e. The van der Waals surface area contributed by atoms with Crippen LogP contribution in [0.25, 0.3) is 0 Å². The van der Waals surface area contributed by atoms with Crippen molar-refractivity contribution in [3.63, 3.8) is 0 Å². The molecule has 0 spiro atoms. The first-order chi connectivity index (χ1) is 13.2. The quantitative estimate of drug-likeness (QED) is 0.599. The Bertz CT molecular complexity index is 821. The summed E-state index contributed by atoms with van der Waals surface area (Å²) in [5.74, 6) is -0.0225. The molecule has 0 atom stereocenters. The van der Waals surface area contributed by atoms with Crippen LogP contribution in [0, 0.1) is 0 Å². The molecular formula is C24H23NO2. The third-order valence-corrected chi connectivity index (χ3v) is 4.58. The number of carbonyl (C=O) groups is 2. The Kier molecular flexibility index (Phi) is 6.53. The number of nitrogens with one attached hydrogen (secondary N) is 1. The lowest BCUT2D eigenvalue weighted by atomic mass is 9.91. The van der Waals surface area contributed by atoms with Crippen LogP contribution < -0.4 is 5.32 Å². The van der Waals surface area contributed by atoms with E-state index in [1.54, 1.807) is 12.1 Å². The van der Waals surface area contributed by atoms with Crippen LogP contribution in [-0.4, -0.2) is 18.2 Å². The van der Waals surface area contributed by atoms with Crippen LogP contribution in [0.15, 0.2) is 91.0 Å². The fourth-order valence-corrected chi connectivity index (χ4v) is 3.10. The van der Waals surface area contributed by atoms with Gasteiger partial charge in [-0.1, -0.05) is 91.0 Å². The fourth-order valence-electron chi connectivity index (χ4n) is 3.10. The number of hydrogen-bond donors (Lipinski definition) is 1. The van der Waals surface area contributed by atoms with E-state index in [2.05, 4.69) is 29.6 Å². The van der Waals surface area contributed by atoms with Crippen molar-refractivity contribution in [2.24, 2.45) is 0 Å². The molecule has 0 bridgehead atoms. The second kappa shape index (κ2) is 9.48. The Morgan fingerprint density at radius 2 is 1.15 bits per heavy atom. The van der Waals surface area contributed by atoms with Gasteiger partial charge in [0, 0.05) is 30.9 Å². The van der Waals surface area contributed by atoms with Crippen LogP contribution in [-0.2, 0) is 4.79 Å². The van der Waals surface area contributed by atoms with E-state index in [0.717, 1.165) is 11.1 Å². The lowest BCUT2D eigenvalue weighted by molar-refractivity contribution is -0.121. The van der Waals surface area contributed by atoms with Gasteiger partial charge < -0.3 is 5.32 Å². The van der Waals surface area contributed by atoms with Crippen molar-refractivity contribution in [1.29, 1.82) is 0 Å². The molecular weight excluding hydrogens is 334 g/mol. The normalized spacial score (nSPS) is 10.6. The number of benzene rings is 3. The zero-order chi connectivity index (χ0) is 18.9. The molecule has 0 fully saturated rings. The first kappa shape index (κ1) is 18.6. The molecule has 3 rings (SSSR count). The van der Waals surface area contributed by atoms with Gasteiger partial charge in [0.15, 0.2) is 5.78 Å². The molecule has 27 heavy (non-hydrogen) atoms. The Hall–Kier alpha value is -3.20. The van der Waals surface area contributed by atoms with Gasteiger partial charge in [-0.3, -0.25) is 9.59 Å². The van der Waals surface area contributed by atoms with Crippen molar-refractivity contribution in [2.75, 3.05) is 6.54 Å². The summed E-state index contributed by atoms with van der Waals surface area (Å²) in [7, 11) is 0. The SMILES string of the molecule is O=C(CCC(=O)c1ccccc1)NCC(c1ccccc1)c1ccccc1. The highest BCUT2D eigenvalue weighted by molar-refractivity contribution is 5.97. The largest absolute Gasteiger partial charge is 0.355 e. The molecule has 0 aromatic heterocycles. The minimum absolute atomic E-state index is 0.00609. The van der Waals surface area contributed by atoms with Gasteiger partial charge in [0.05, 0.1) is 0 Å². The summed E-state index contributed by atoms with van der Waals surface area (Å²) >= 11 is 0. The zero-order valence-electron chi connectivity index (χ0n) is 15.2. The van der Waals surface area contributed by atoms with Gasteiger partial charge in [0.25, 0.3) is 0 Å². The summed E-state index contributed by atoms with van der Waals surface area (Å²) in [5, 5.41) is 3.00. The number of hydrogen-bond acceptors (Lipinski definition) is 2. The molecule has 0 aliphatic rings. The Labute approximate surface area is 160 Å². The first-order valence-corrected chi connectivity index (χ1v) is 9.19. The van der Waals surface area contributed by atoms with Crippen LogP contribution >= 0.6 is 0 Å². The Morgan fingerprint density at radius 3 is 1.67 bits per heavy atom. The van der Waals surface area contributed by atoms with E-state index < -0.39 is 0 Å². The monoisotopic (exact) mass is 357 g/mol. The van der Waals surface area contributed by atoms with E-state index in [1.165, 1.54) is 0 Å². The molecule has 0 saturated heterocycles. The maximum atomic E-state index is 12.3.